The first kappa shape index (κ1) is 15.9. The summed E-state index contributed by atoms with van der Waals surface area (Å²) in [6, 6.07) is 1.86. The number of hydrogen-bond acceptors (Lipinski definition) is 7. The minimum atomic E-state index is -0.905. The van der Waals surface area contributed by atoms with Crippen LogP contribution in [0.1, 0.15) is 23.2 Å². The molecule has 1 aromatic carbocycles. The number of carbonyl (C=O) groups excluding carboxylic acids is 2. The maximum absolute atomic E-state index is 11.7. The molecule has 1 amide bonds. The van der Waals surface area contributed by atoms with Gasteiger partial charge < -0.3 is 30.1 Å². The Morgan fingerprint density at radius 1 is 1.27 bits per heavy atom. The summed E-state index contributed by atoms with van der Waals surface area (Å²) >= 11 is 0. The second-order valence-corrected chi connectivity index (χ2v) is 4.88. The monoisotopic (exact) mass is 311 g/mol. The van der Waals surface area contributed by atoms with Gasteiger partial charge in [0.2, 0.25) is 0 Å². The number of ether oxygens (including phenoxy) is 2. The molecule has 1 atom stereocenters. The summed E-state index contributed by atoms with van der Waals surface area (Å²) in [5, 5.41) is 30.4. The van der Waals surface area contributed by atoms with Crippen LogP contribution in [0.4, 0.5) is 0 Å². The SMILES string of the molecule is O=C(COC(=O)c1cc(O)c(O)c(O)c1)NCC1CCCO1. The molecular formula is C14H17NO7. The lowest BCUT2D eigenvalue weighted by atomic mass is 10.2. The van der Waals surface area contributed by atoms with Crippen LogP contribution in [0.5, 0.6) is 17.2 Å². The predicted molar refractivity (Wildman–Crippen MR) is 73.7 cm³/mol. The van der Waals surface area contributed by atoms with E-state index in [0.29, 0.717) is 13.2 Å². The maximum Gasteiger partial charge on any atom is 0.338 e. The molecule has 1 saturated heterocycles. The van der Waals surface area contributed by atoms with Crippen LogP contribution in [0.2, 0.25) is 0 Å². The van der Waals surface area contributed by atoms with Crippen LogP contribution in [0, 0.1) is 0 Å². The smallest absolute Gasteiger partial charge is 0.338 e. The summed E-state index contributed by atoms with van der Waals surface area (Å²) in [6.45, 7) is 0.550. The average Bonchev–Trinajstić information content (AvgIpc) is 3.01. The number of amides is 1. The van der Waals surface area contributed by atoms with E-state index >= 15 is 0 Å². The second-order valence-electron chi connectivity index (χ2n) is 4.88. The van der Waals surface area contributed by atoms with Gasteiger partial charge in [-0.1, -0.05) is 0 Å². The van der Waals surface area contributed by atoms with Crippen molar-refractivity contribution in [2.24, 2.45) is 0 Å². The van der Waals surface area contributed by atoms with E-state index in [2.05, 4.69) is 5.32 Å². The molecule has 1 heterocycles. The standard InChI is InChI=1S/C14H17NO7/c16-10-4-8(5-11(17)13(10)19)14(20)22-7-12(18)15-6-9-2-1-3-21-9/h4-5,9,16-17,19H,1-3,6-7H2,(H,15,18). The highest BCUT2D eigenvalue weighted by atomic mass is 16.5. The van der Waals surface area contributed by atoms with Gasteiger partial charge in [-0.25, -0.2) is 4.79 Å². The molecule has 0 aliphatic carbocycles. The topological polar surface area (TPSA) is 125 Å². The normalized spacial score (nSPS) is 17.2. The van der Waals surface area contributed by atoms with Crippen molar-refractivity contribution in [3.63, 3.8) is 0 Å². The summed E-state index contributed by atoms with van der Waals surface area (Å²) in [7, 11) is 0. The first-order chi connectivity index (χ1) is 10.5. The van der Waals surface area contributed by atoms with Crippen molar-refractivity contribution >= 4 is 11.9 Å². The Labute approximate surface area is 126 Å². The third-order valence-corrected chi connectivity index (χ3v) is 3.19. The van der Waals surface area contributed by atoms with Gasteiger partial charge in [-0.05, 0) is 25.0 Å². The lowest BCUT2D eigenvalue weighted by Crippen LogP contribution is -2.34. The van der Waals surface area contributed by atoms with E-state index < -0.39 is 35.7 Å². The number of phenolic OH excluding ortho intramolecular Hbond substituents is 3. The number of rotatable bonds is 5. The minimum Gasteiger partial charge on any atom is -0.504 e. The fourth-order valence-electron chi connectivity index (χ4n) is 2.02. The molecule has 1 unspecified atom stereocenters. The Hall–Kier alpha value is -2.48. The predicted octanol–water partition coefficient (Wildman–Crippen LogP) is 0.255. The van der Waals surface area contributed by atoms with Crippen LogP contribution in [0.3, 0.4) is 0 Å². The molecular weight excluding hydrogens is 294 g/mol. The number of nitrogens with one attached hydrogen (secondary N) is 1. The molecule has 0 saturated carbocycles. The third kappa shape index (κ3) is 4.01. The number of aromatic hydroxyl groups is 3. The molecule has 1 fully saturated rings. The van der Waals surface area contributed by atoms with Gasteiger partial charge in [0.1, 0.15) is 0 Å². The summed E-state index contributed by atoms with van der Waals surface area (Å²) < 4.78 is 10.1. The largest absolute Gasteiger partial charge is 0.504 e. The zero-order valence-corrected chi connectivity index (χ0v) is 11.7. The molecule has 120 valence electrons. The highest BCUT2D eigenvalue weighted by Crippen LogP contribution is 2.35. The van der Waals surface area contributed by atoms with E-state index in [1.54, 1.807) is 0 Å². The van der Waals surface area contributed by atoms with Gasteiger partial charge >= 0.3 is 5.97 Å². The zero-order valence-electron chi connectivity index (χ0n) is 11.7. The Kier molecular flexibility index (Phi) is 5.05. The molecule has 2 rings (SSSR count). The molecule has 0 spiro atoms. The Morgan fingerprint density at radius 2 is 1.95 bits per heavy atom. The van der Waals surface area contributed by atoms with Crippen LogP contribution in [-0.4, -0.2) is 53.1 Å². The fraction of sp³-hybridized carbons (Fsp3) is 0.429. The molecule has 0 bridgehead atoms. The minimum absolute atomic E-state index is 0.00866. The fourth-order valence-corrected chi connectivity index (χ4v) is 2.02. The summed E-state index contributed by atoms with van der Waals surface area (Å²) in [4.78, 5) is 23.2. The van der Waals surface area contributed by atoms with Crippen LogP contribution < -0.4 is 5.32 Å². The van der Waals surface area contributed by atoms with Gasteiger partial charge in [0.25, 0.3) is 5.91 Å². The van der Waals surface area contributed by atoms with Crippen molar-refractivity contribution in [1.29, 1.82) is 0 Å². The van der Waals surface area contributed by atoms with Gasteiger partial charge in [0.05, 0.1) is 11.7 Å². The van der Waals surface area contributed by atoms with Crippen molar-refractivity contribution in [2.75, 3.05) is 19.8 Å². The number of hydrogen-bond donors (Lipinski definition) is 4. The van der Waals surface area contributed by atoms with E-state index in [-0.39, 0.29) is 11.7 Å². The van der Waals surface area contributed by atoms with Crippen molar-refractivity contribution < 1.29 is 34.4 Å². The van der Waals surface area contributed by atoms with Crippen LogP contribution in [0.25, 0.3) is 0 Å². The molecule has 4 N–H and O–H groups in total. The lowest BCUT2D eigenvalue weighted by Gasteiger charge is -2.11. The molecule has 22 heavy (non-hydrogen) atoms. The number of phenols is 3. The number of benzene rings is 1. The molecule has 1 aliphatic heterocycles. The van der Waals surface area contributed by atoms with E-state index in [1.165, 1.54) is 0 Å². The van der Waals surface area contributed by atoms with Crippen LogP contribution in [0.15, 0.2) is 12.1 Å². The Balaban J connectivity index is 1.80. The highest BCUT2D eigenvalue weighted by molar-refractivity contribution is 5.92. The quantitative estimate of drug-likeness (QED) is 0.454. The molecule has 0 radical (unpaired) electrons. The Bertz CT molecular complexity index is 543. The second kappa shape index (κ2) is 6.99. The van der Waals surface area contributed by atoms with E-state index in [4.69, 9.17) is 9.47 Å². The van der Waals surface area contributed by atoms with E-state index in [1.807, 2.05) is 0 Å². The molecule has 8 heteroatoms. The van der Waals surface area contributed by atoms with Crippen molar-refractivity contribution in [2.45, 2.75) is 18.9 Å². The van der Waals surface area contributed by atoms with Gasteiger partial charge in [-0.2, -0.15) is 0 Å². The van der Waals surface area contributed by atoms with E-state index in [9.17, 15) is 24.9 Å². The average molecular weight is 311 g/mol. The maximum atomic E-state index is 11.7. The van der Waals surface area contributed by atoms with Gasteiger partial charge in [0, 0.05) is 13.2 Å². The lowest BCUT2D eigenvalue weighted by molar-refractivity contribution is -0.124. The number of carbonyl (C=O) groups is 2. The van der Waals surface area contributed by atoms with Crippen LogP contribution in [-0.2, 0) is 14.3 Å². The third-order valence-electron chi connectivity index (χ3n) is 3.19. The van der Waals surface area contributed by atoms with Gasteiger partial charge in [-0.3, -0.25) is 4.79 Å². The first-order valence-electron chi connectivity index (χ1n) is 6.77. The summed E-state index contributed by atoms with van der Waals surface area (Å²) in [5.41, 5.74) is -0.181. The molecule has 8 nitrogen and oxygen atoms in total. The van der Waals surface area contributed by atoms with E-state index in [0.717, 1.165) is 25.0 Å². The molecule has 1 aromatic rings. The summed E-state index contributed by atoms with van der Waals surface area (Å²) in [6.07, 6.45) is 1.83. The molecule has 1 aliphatic rings. The van der Waals surface area contributed by atoms with Gasteiger partial charge in [0.15, 0.2) is 23.9 Å². The Morgan fingerprint density at radius 3 is 2.55 bits per heavy atom. The van der Waals surface area contributed by atoms with Gasteiger partial charge in [-0.15, -0.1) is 0 Å². The number of esters is 1. The van der Waals surface area contributed by atoms with Crippen molar-refractivity contribution in [1.82, 2.24) is 5.32 Å². The highest BCUT2D eigenvalue weighted by Gasteiger charge is 2.18. The summed E-state index contributed by atoms with van der Waals surface area (Å²) in [5.74, 6) is -3.43. The molecule has 0 aromatic heterocycles. The van der Waals surface area contributed by atoms with Crippen LogP contribution >= 0.6 is 0 Å². The zero-order chi connectivity index (χ0) is 16.1. The first-order valence-corrected chi connectivity index (χ1v) is 6.77. The van der Waals surface area contributed by atoms with Crippen molar-refractivity contribution in [3.8, 4) is 17.2 Å². The van der Waals surface area contributed by atoms with Crippen molar-refractivity contribution in [3.05, 3.63) is 17.7 Å².